The van der Waals surface area contributed by atoms with Crippen molar-refractivity contribution in [2.45, 2.75) is 20.1 Å². The van der Waals surface area contributed by atoms with Gasteiger partial charge in [-0.3, -0.25) is 4.79 Å². The van der Waals surface area contributed by atoms with Crippen LogP contribution in [0.1, 0.15) is 27.4 Å². The molecular weight excluding hydrogens is 472 g/mol. The van der Waals surface area contributed by atoms with Gasteiger partial charge in [-0.15, -0.1) is 5.10 Å². The van der Waals surface area contributed by atoms with E-state index in [-0.39, 0.29) is 6.61 Å². The third-order valence-corrected chi connectivity index (χ3v) is 5.87. The van der Waals surface area contributed by atoms with Crippen molar-refractivity contribution in [1.29, 1.82) is 0 Å². The first kappa shape index (κ1) is 23.9. The van der Waals surface area contributed by atoms with Crippen molar-refractivity contribution in [3.63, 3.8) is 0 Å². The number of carbonyl (C=O) groups is 1. The number of rotatable bonds is 10. The summed E-state index contributed by atoms with van der Waals surface area (Å²) in [5.74, 6) is 3.39. The Morgan fingerprint density at radius 2 is 1.92 bits per heavy atom. The Labute approximate surface area is 213 Å². The normalized spacial score (nSPS) is 10.9. The van der Waals surface area contributed by atoms with Gasteiger partial charge in [-0.25, -0.2) is 9.67 Å². The van der Waals surface area contributed by atoms with E-state index in [4.69, 9.17) is 18.3 Å². The first-order valence-electron chi connectivity index (χ1n) is 11.7. The zero-order valence-corrected chi connectivity index (χ0v) is 20.7. The molecule has 0 amide bonds. The van der Waals surface area contributed by atoms with Crippen LogP contribution in [0.15, 0.2) is 82.0 Å². The molecule has 0 N–H and O–H groups in total. The largest absolute Gasteiger partial charge is 0.493 e. The molecule has 0 bridgehead atoms. The van der Waals surface area contributed by atoms with Gasteiger partial charge in [0.2, 0.25) is 0 Å². The highest BCUT2D eigenvalue weighted by Crippen LogP contribution is 2.31. The molecule has 0 spiro atoms. The highest BCUT2D eigenvalue weighted by atomic mass is 16.5. The van der Waals surface area contributed by atoms with Gasteiger partial charge in [-0.1, -0.05) is 24.3 Å². The molecule has 0 radical (unpaired) electrons. The van der Waals surface area contributed by atoms with Crippen molar-refractivity contribution in [3.8, 4) is 28.8 Å². The number of oxazole rings is 1. The van der Waals surface area contributed by atoms with Gasteiger partial charge < -0.3 is 23.2 Å². The highest BCUT2D eigenvalue weighted by molar-refractivity contribution is 5.82. The third kappa shape index (κ3) is 5.11. The number of furan rings is 1. The van der Waals surface area contributed by atoms with E-state index < -0.39 is 0 Å². The SMILES string of the molecule is COc1cc(CN(C)c2nn(-c3ccccc3)cc2C=O)ccc1OCc1nc(-c2ccco2)oc1C. The minimum Gasteiger partial charge on any atom is -0.493 e. The number of hydrogen-bond acceptors (Lipinski definition) is 8. The monoisotopic (exact) mass is 498 g/mol. The Bertz CT molecular complexity index is 1490. The molecule has 0 aliphatic heterocycles. The number of hydrogen-bond donors (Lipinski definition) is 0. The summed E-state index contributed by atoms with van der Waals surface area (Å²) in [7, 11) is 3.49. The van der Waals surface area contributed by atoms with E-state index in [1.54, 1.807) is 36.4 Å². The van der Waals surface area contributed by atoms with Crippen molar-refractivity contribution < 1.29 is 23.1 Å². The summed E-state index contributed by atoms with van der Waals surface area (Å²) in [4.78, 5) is 18.1. The summed E-state index contributed by atoms with van der Waals surface area (Å²) in [5, 5.41) is 4.63. The summed E-state index contributed by atoms with van der Waals surface area (Å²) in [6.07, 6.45) is 4.12. The summed E-state index contributed by atoms with van der Waals surface area (Å²) in [6.45, 7) is 2.56. The molecule has 5 aromatic rings. The van der Waals surface area contributed by atoms with Gasteiger partial charge in [0, 0.05) is 19.8 Å². The molecule has 3 heterocycles. The van der Waals surface area contributed by atoms with Gasteiger partial charge in [0.25, 0.3) is 5.89 Å². The van der Waals surface area contributed by atoms with E-state index in [9.17, 15) is 4.79 Å². The summed E-state index contributed by atoms with van der Waals surface area (Å²) < 4.78 is 24.4. The van der Waals surface area contributed by atoms with Gasteiger partial charge in [0.1, 0.15) is 18.1 Å². The molecule has 0 fully saturated rings. The summed E-state index contributed by atoms with van der Waals surface area (Å²) in [6, 6.07) is 19.0. The van der Waals surface area contributed by atoms with E-state index in [1.807, 2.05) is 67.4 Å². The van der Waals surface area contributed by atoms with Crippen molar-refractivity contribution in [1.82, 2.24) is 14.8 Å². The first-order valence-corrected chi connectivity index (χ1v) is 11.7. The Balaban J connectivity index is 1.29. The molecule has 0 saturated carbocycles. The fraction of sp³-hybridized carbons (Fsp3) is 0.179. The molecule has 9 heteroatoms. The molecule has 0 aliphatic carbocycles. The predicted molar refractivity (Wildman–Crippen MR) is 137 cm³/mol. The molecule has 0 aliphatic rings. The molecule has 0 unspecified atom stereocenters. The molecule has 188 valence electrons. The highest BCUT2D eigenvalue weighted by Gasteiger charge is 2.17. The Kier molecular flexibility index (Phi) is 6.76. The van der Waals surface area contributed by atoms with Crippen LogP contribution in [0, 0.1) is 6.92 Å². The van der Waals surface area contributed by atoms with Crippen LogP contribution in [0.4, 0.5) is 5.82 Å². The molecule has 9 nitrogen and oxygen atoms in total. The molecule has 3 aromatic heterocycles. The molecular formula is C28H26N4O5. The lowest BCUT2D eigenvalue weighted by atomic mass is 10.2. The number of aryl methyl sites for hydroxylation is 1. The van der Waals surface area contributed by atoms with Crippen LogP contribution in [0.2, 0.25) is 0 Å². The minimum absolute atomic E-state index is 0.214. The van der Waals surface area contributed by atoms with E-state index in [0.717, 1.165) is 17.5 Å². The van der Waals surface area contributed by atoms with Crippen molar-refractivity contribution in [2.75, 3.05) is 19.1 Å². The second-order valence-corrected chi connectivity index (χ2v) is 8.44. The molecule has 0 saturated heterocycles. The van der Waals surface area contributed by atoms with E-state index >= 15 is 0 Å². The number of methoxy groups -OCH3 is 1. The van der Waals surface area contributed by atoms with Crippen LogP contribution in [0.25, 0.3) is 17.3 Å². The standard InChI is InChI=1S/C28H26N4O5/c1-19-23(29-28(37-19)25-10-7-13-35-25)18-36-24-12-11-20(14-26(24)34-3)15-31(2)27-21(17-33)16-32(30-27)22-8-5-4-6-9-22/h4-14,16-17H,15,18H2,1-3H3. The van der Waals surface area contributed by atoms with Crippen molar-refractivity contribution in [3.05, 3.63) is 95.7 Å². The fourth-order valence-electron chi connectivity index (χ4n) is 3.96. The van der Waals surface area contributed by atoms with Crippen LogP contribution in [-0.4, -0.2) is 35.2 Å². The zero-order valence-electron chi connectivity index (χ0n) is 20.7. The Morgan fingerprint density at radius 3 is 2.65 bits per heavy atom. The Hall–Kier alpha value is -4.79. The molecule has 37 heavy (non-hydrogen) atoms. The van der Waals surface area contributed by atoms with E-state index in [0.29, 0.717) is 52.5 Å². The molecule has 0 atom stereocenters. The average molecular weight is 499 g/mol. The summed E-state index contributed by atoms with van der Waals surface area (Å²) >= 11 is 0. The summed E-state index contributed by atoms with van der Waals surface area (Å²) in [5.41, 5.74) is 3.03. The van der Waals surface area contributed by atoms with Gasteiger partial charge in [-0.05, 0) is 48.9 Å². The van der Waals surface area contributed by atoms with Crippen molar-refractivity contribution in [2.24, 2.45) is 0 Å². The minimum atomic E-state index is 0.214. The fourth-order valence-corrected chi connectivity index (χ4v) is 3.96. The number of aromatic nitrogens is 3. The predicted octanol–water partition coefficient (Wildman–Crippen LogP) is 5.47. The number of benzene rings is 2. The Morgan fingerprint density at radius 1 is 1.08 bits per heavy atom. The third-order valence-electron chi connectivity index (χ3n) is 5.87. The number of ether oxygens (including phenoxy) is 2. The van der Waals surface area contributed by atoms with Crippen LogP contribution in [0.5, 0.6) is 11.5 Å². The lowest BCUT2D eigenvalue weighted by Crippen LogP contribution is -2.18. The maximum atomic E-state index is 11.7. The van der Waals surface area contributed by atoms with E-state index in [2.05, 4.69) is 10.1 Å². The second kappa shape index (κ2) is 10.4. The lowest BCUT2D eigenvalue weighted by molar-refractivity contribution is 0.112. The number of anilines is 1. The van der Waals surface area contributed by atoms with Crippen LogP contribution in [0.3, 0.4) is 0 Å². The van der Waals surface area contributed by atoms with Crippen LogP contribution < -0.4 is 14.4 Å². The number of para-hydroxylation sites is 1. The average Bonchev–Trinajstić information content (AvgIpc) is 3.68. The smallest absolute Gasteiger partial charge is 0.263 e. The van der Waals surface area contributed by atoms with Gasteiger partial charge in [0.05, 0.1) is 24.6 Å². The van der Waals surface area contributed by atoms with Gasteiger partial charge in [0.15, 0.2) is 29.4 Å². The quantitative estimate of drug-likeness (QED) is 0.234. The maximum Gasteiger partial charge on any atom is 0.263 e. The van der Waals surface area contributed by atoms with Crippen molar-refractivity contribution >= 4 is 12.1 Å². The molecule has 2 aromatic carbocycles. The van der Waals surface area contributed by atoms with Crippen LogP contribution in [-0.2, 0) is 13.2 Å². The van der Waals surface area contributed by atoms with Crippen LogP contribution >= 0.6 is 0 Å². The first-order chi connectivity index (χ1) is 18.1. The topological polar surface area (TPSA) is 95.8 Å². The van der Waals surface area contributed by atoms with Gasteiger partial charge >= 0.3 is 0 Å². The lowest BCUT2D eigenvalue weighted by Gasteiger charge is -2.18. The number of nitrogens with zero attached hydrogens (tertiary/aromatic N) is 4. The zero-order chi connectivity index (χ0) is 25.8. The molecule has 5 rings (SSSR count). The van der Waals surface area contributed by atoms with Gasteiger partial charge in [-0.2, -0.15) is 0 Å². The second-order valence-electron chi connectivity index (χ2n) is 8.44. The van der Waals surface area contributed by atoms with E-state index in [1.165, 1.54) is 0 Å². The number of carbonyl (C=O) groups excluding carboxylic acids is 1. The number of aldehydes is 1. The maximum absolute atomic E-state index is 11.7.